The predicted molar refractivity (Wildman–Crippen MR) is 85.5 cm³/mol. The summed E-state index contributed by atoms with van der Waals surface area (Å²) in [6, 6.07) is 15.4. The van der Waals surface area contributed by atoms with Crippen molar-refractivity contribution in [2.24, 2.45) is 0 Å². The summed E-state index contributed by atoms with van der Waals surface area (Å²) >= 11 is 0. The van der Waals surface area contributed by atoms with E-state index in [2.05, 4.69) is 4.98 Å². The van der Waals surface area contributed by atoms with Gasteiger partial charge in [0.1, 0.15) is 11.6 Å². The predicted octanol–water partition coefficient (Wildman–Crippen LogP) is 2.69. The molecule has 116 valence electrons. The Bertz CT molecular complexity index is 822. The molecule has 1 aromatic heterocycles. The molecular weight excluding hydrogens is 304 g/mol. The van der Waals surface area contributed by atoms with Gasteiger partial charge in [0.05, 0.1) is 12.0 Å². The molecule has 0 unspecified atom stereocenters. The van der Waals surface area contributed by atoms with E-state index in [-0.39, 0.29) is 4.90 Å². The van der Waals surface area contributed by atoms with Gasteiger partial charge < -0.3 is 15.5 Å². The molecule has 0 saturated heterocycles. The van der Waals surface area contributed by atoms with Crippen LogP contribution in [-0.2, 0) is 10.1 Å². The number of benzene rings is 2. The van der Waals surface area contributed by atoms with E-state index < -0.39 is 10.1 Å². The standard InChI is InChI=1S/C8H8N2.C7H8O4S/c9-8-5-6-3-1-2-4-7(6)10-8;1-11-6-2-4-7(5-3-6)12(8,9)10/h1-5,10H,9H2;2-5H,1H3,(H,8,9,10). The molecule has 0 aliphatic rings. The third-order valence-electron chi connectivity index (χ3n) is 2.91. The van der Waals surface area contributed by atoms with Gasteiger partial charge in [0.15, 0.2) is 0 Å². The molecule has 0 bridgehead atoms. The molecule has 2 aromatic carbocycles. The molecule has 7 heteroatoms. The highest BCUT2D eigenvalue weighted by Gasteiger charge is 2.07. The van der Waals surface area contributed by atoms with Crippen molar-refractivity contribution >= 4 is 26.8 Å². The minimum Gasteiger partial charge on any atom is -0.497 e. The number of para-hydroxylation sites is 1. The third-order valence-corrected chi connectivity index (χ3v) is 3.78. The lowest BCUT2D eigenvalue weighted by molar-refractivity contribution is 0.414. The third kappa shape index (κ3) is 4.00. The number of anilines is 1. The minimum absolute atomic E-state index is 0.136. The summed E-state index contributed by atoms with van der Waals surface area (Å²) in [6.07, 6.45) is 0. The van der Waals surface area contributed by atoms with Crippen molar-refractivity contribution in [1.82, 2.24) is 4.98 Å². The van der Waals surface area contributed by atoms with Crippen molar-refractivity contribution in [2.45, 2.75) is 4.90 Å². The van der Waals surface area contributed by atoms with Crippen LogP contribution in [0.25, 0.3) is 10.9 Å². The van der Waals surface area contributed by atoms with Crippen molar-refractivity contribution in [3.8, 4) is 5.75 Å². The van der Waals surface area contributed by atoms with Crippen molar-refractivity contribution in [3.05, 3.63) is 54.6 Å². The van der Waals surface area contributed by atoms with Crippen LogP contribution < -0.4 is 10.5 Å². The van der Waals surface area contributed by atoms with E-state index in [1.54, 1.807) is 0 Å². The zero-order valence-corrected chi connectivity index (χ0v) is 12.7. The Morgan fingerprint density at radius 2 is 1.73 bits per heavy atom. The summed E-state index contributed by atoms with van der Waals surface area (Å²) in [6.45, 7) is 0. The van der Waals surface area contributed by atoms with Crippen LogP contribution in [0, 0.1) is 0 Å². The summed E-state index contributed by atoms with van der Waals surface area (Å²) in [4.78, 5) is 2.90. The lowest BCUT2D eigenvalue weighted by atomic mass is 10.3. The molecule has 22 heavy (non-hydrogen) atoms. The van der Waals surface area contributed by atoms with Crippen LogP contribution in [0.2, 0.25) is 0 Å². The Morgan fingerprint density at radius 3 is 2.27 bits per heavy atom. The van der Waals surface area contributed by atoms with Gasteiger partial charge in [0.2, 0.25) is 0 Å². The molecule has 0 fully saturated rings. The number of fused-ring (bicyclic) bond motifs is 1. The van der Waals surface area contributed by atoms with Crippen LogP contribution in [-0.4, -0.2) is 25.1 Å². The van der Waals surface area contributed by atoms with E-state index in [0.717, 1.165) is 11.3 Å². The van der Waals surface area contributed by atoms with Crippen LogP contribution in [0.3, 0.4) is 0 Å². The average Bonchev–Trinajstić information content (AvgIpc) is 2.87. The fourth-order valence-corrected chi connectivity index (χ4v) is 2.32. The molecule has 3 aromatic rings. The molecule has 0 atom stereocenters. The van der Waals surface area contributed by atoms with Gasteiger partial charge in [-0.2, -0.15) is 8.42 Å². The Hall–Kier alpha value is -2.51. The Labute approximate surface area is 128 Å². The Morgan fingerprint density at radius 1 is 1.09 bits per heavy atom. The van der Waals surface area contributed by atoms with Gasteiger partial charge in [0, 0.05) is 10.9 Å². The first-order valence-electron chi connectivity index (χ1n) is 6.35. The van der Waals surface area contributed by atoms with Gasteiger partial charge in [-0.05, 0) is 36.4 Å². The lowest BCUT2D eigenvalue weighted by Gasteiger charge is -1.99. The number of nitrogens with two attached hydrogens (primary N) is 1. The SMILES string of the molecule is COc1ccc(S(=O)(=O)O)cc1.Nc1cc2ccccc2[nH]1. The number of hydrogen-bond donors (Lipinski definition) is 3. The molecule has 4 N–H and O–H groups in total. The fourth-order valence-electron chi connectivity index (χ4n) is 1.84. The number of rotatable bonds is 2. The van der Waals surface area contributed by atoms with Crippen molar-refractivity contribution in [1.29, 1.82) is 0 Å². The number of nitrogens with one attached hydrogen (secondary N) is 1. The Balaban J connectivity index is 0.000000162. The smallest absolute Gasteiger partial charge is 0.294 e. The summed E-state index contributed by atoms with van der Waals surface area (Å²) < 4.78 is 34.5. The quantitative estimate of drug-likeness (QED) is 0.630. The number of hydrogen-bond acceptors (Lipinski definition) is 4. The molecule has 3 rings (SSSR count). The monoisotopic (exact) mass is 320 g/mol. The van der Waals surface area contributed by atoms with Gasteiger partial charge >= 0.3 is 0 Å². The number of H-pyrrole nitrogens is 1. The number of nitrogen functional groups attached to an aromatic ring is 1. The molecule has 6 nitrogen and oxygen atoms in total. The first-order valence-corrected chi connectivity index (χ1v) is 7.79. The van der Waals surface area contributed by atoms with E-state index in [4.69, 9.17) is 15.0 Å². The maximum absolute atomic E-state index is 10.5. The topological polar surface area (TPSA) is 105 Å². The van der Waals surface area contributed by atoms with Gasteiger partial charge in [-0.1, -0.05) is 18.2 Å². The van der Waals surface area contributed by atoms with Gasteiger partial charge in [-0.25, -0.2) is 0 Å². The van der Waals surface area contributed by atoms with Gasteiger partial charge in [-0.3, -0.25) is 4.55 Å². The zero-order chi connectivity index (χ0) is 16.2. The molecule has 0 amide bonds. The van der Waals surface area contributed by atoms with E-state index in [1.807, 2.05) is 30.3 Å². The van der Waals surface area contributed by atoms with E-state index in [1.165, 1.54) is 36.8 Å². The fraction of sp³-hybridized carbons (Fsp3) is 0.0667. The summed E-state index contributed by atoms with van der Waals surface area (Å²) in [5.41, 5.74) is 6.63. The minimum atomic E-state index is -4.08. The number of aromatic amines is 1. The van der Waals surface area contributed by atoms with Gasteiger partial charge in [0.25, 0.3) is 10.1 Å². The molecule has 0 spiro atoms. The maximum Gasteiger partial charge on any atom is 0.294 e. The van der Waals surface area contributed by atoms with Crippen LogP contribution in [0.15, 0.2) is 59.5 Å². The highest BCUT2D eigenvalue weighted by molar-refractivity contribution is 7.85. The van der Waals surface area contributed by atoms with Crippen LogP contribution in [0.4, 0.5) is 5.82 Å². The zero-order valence-electron chi connectivity index (χ0n) is 11.9. The van der Waals surface area contributed by atoms with E-state index in [9.17, 15) is 8.42 Å². The summed E-state index contributed by atoms with van der Waals surface area (Å²) in [7, 11) is -2.61. The summed E-state index contributed by atoms with van der Waals surface area (Å²) in [5, 5.41) is 1.17. The molecule has 0 aliphatic carbocycles. The van der Waals surface area contributed by atoms with Crippen molar-refractivity contribution < 1.29 is 17.7 Å². The average molecular weight is 320 g/mol. The van der Waals surface area contributed by atoms with Crippen LogP contribution in [0.1, 0.15) is 0 Å². The number of methoxy groups -OCH3 is 1. The largest absolute Gasteiger partial charge is 0.497 e. The second-order valence-corrected chi connectivity index (χ2v) is 5.88. The normalized spacial score (nSPS) is 10.8. The van der Waals surface area contributed by atoms with Crippen LogP contribution >= 0.6 is 0 Å². The molecule has 0 aliphatic heterocycles. The highest BCUT2D eigenvalue weighted by Crippen LogP contribution is 2.15. The van der Waals surface area contributed by atoms with E-state index in [0.29, 0.717) is 5.75 Å². The second-order valence-electron chi connectivity index (χ2n) is 4.46. The first-order chi connectivity index (χ1) is 10.4. The molecular formula is C15H16N2O4S. The molecule has 0 saturated carbocycles. The molecule has 0 radical (unpaired) electrons. The highest BCUT2D eigenvalue weighted by atomic mass is 32.2. The van der Waals surface area contributed by atoms with Crippen molar-refractivity contribution in [2.75, 3.05) is 12.8 Å². The molecule has 1 heterocycles. The van der Waals surface area contributed by atoms with Crippen LogP contribution in [0.5, 0.6) is 5.75 Å². The second kappa shape index (κ2) is 6.50. The lowest BCUT2D eigenvalue weighted by Crippen LogP contribution is -1.97. The first kappa shape index (κ1) is 15.9. The van der Waals surface area contributed by atoms with E-state index >= 15 is 0 Å². The Kier molecular flexibility index (Phi) is 4.69. The van der Waals surface area contributed by atoms with Crippen molar-refractivity contribution in [3.63, 3.8) is 0 Å². The number of aromatic nitrogens is 1. The van der Waals surface area contributed by atoms with Gasteiger partial charge in [-0.15, -0.1) is 0 Å². The number of ether oxygens (including phenoxy) is 1. The maximum atomic E-state index is 10.5. The summed E-state index contributed by atoms with van der Waals surface area (Å²) in [5.74, 6) is 1.27.